The van der Waals surface area contributed by atoms with Crippen LogP contribution in [0.2, 0.25) is 10.0 Å². The molecule has 134 valence electrons. The molecular weight excluding hydrogens is 367 g/mol. The van der Waals surface area contributed by atoms with Crippen LogP contribution in [-0.4, -0.2) is 32.6 Å². The zero-order valence-corrected chi connectivity index (χ0v) is 15.8. The first-order chi connectivity index (χ1) is 11.6. The van der Waals surface area contributed by atoms with Crippen molar-refractivity contribution in [3.63, 3.8) is 0 Å². The SMILES string of the molecule is Cc1nn(CC(=O)N(C)C(C)c2ccc(Cl)cc2Cl)c(C)c1[N+](=O)[O-]. The van der Waals surface area contributed by atoms with Gasteiger partial charge in [-0.15, -0.1) is 0 Å². The second-order valence-electron chi connectivity index (χ2n) is 5.78. The van der Waals surface area contributed by atoms with Crippen LogP contribution in [0.3, 0.4) is 0 Å². The van der Waals surface area contributed by atoms with E-state index < -0.39 is 4.92 Å². The molecule has 1 aromatic carbocycles. The van der Waals surface area contributed by atoms with Gasteiger partial charge in [-0.2, -0.15) is 5.10 Å². The van der Waals surface area contributed by atoms with Crippen LogP contribution >= 0.6 is 23.2 Å². The molecule has 0 N–H and O–H groups in total. The number of aromatic nitrogens is 2. The highest BCUT2D eigenvalue weighted by Gasteiger charge is 2.25. The summed E-state index contributed by atoms with van der Waals surface area (Å²) in [5.41, 5.74) is 1.33. The summed E-state index contributed by atoms with van der Waals surface area (Å²) in [6.07, 6.45) is 0. The van der Waals surface area contributed by atoms with Crippen LogP contribution in [0, 0.1) is 24.0 Å². The van der Waals surface area contributed by atoms with E-state index in [0.29, 0.717) is 15.7 Å². The lowest BCUT2D eigenvalue weighted by Crippen LogP contribution is -2.33. The number of rotatable bonds is 5. The summed E-state index contributed by atoms with van der Waals surface area (Å²) < 4.78 is 1.35. The number of benzene rings is 1. The zero-order valence-electron chi connectivity index (χ0n) is 14.3. The van der Waals surface area contributed by atoms with E-state index in [4.69, 9.17) is 23.2 Å². The quantitative estimate of drug-likeness (QED) is 0.577. The molecule has 9 heteroatoms. The molecular formula is C16H18Cl2N4O3. The fourth-order valence-corrected chi connectivity index (χ4v) is 3.18. The van der Waals surface area contributed by atoms with Crippen molar-refractivity contribution < 1.29 is 9.72 Å². The van der Waals surface area contributed by atoms with Gasteiger partial charge in [-0.3, -0.25) is 19.6 Å². The van der Waals surface area contributed by atoms with E-state index in [9.17, 15) is 14.9 Å². The Morgan fingerprint density at radius 2 is 2.04 bits per heavy atom. The molecule has 1 atom stereocenters. The third-order valence-electron chi connectivity index (χ3n) is 4.20. The average molecular weight is 385 g/mol. The van der Waals surface area contributed by atoms with Crippen LogP contribution < -0.4 is 0 Å². The fraction of sp³-hybridized carbons (Fsp3) is 0.375. The predicted molar refractivity (Wildman–Crippen MR) is 96.0 cm³/mol. The molecule has 7 nitrogen and oxygen atoms in total. The van der Waals surface area contributed by atoms with Crippen molar-refractivity contribution in [1.82, 2.24) is 14.7 Å². The first-order valence-electron chi connectivity index (χ1n) is 7.52. The van der Waals surface area contributed by atoms with Gasteiger partial charge in [0.2, 0.25) is 5.91 Å². The maximum Gasteiger partial charge on any atom is 0.312 e. The number of hydrogen-bond donors (Lipinski definition) is 0. The minimum atomic E-state index is -0.488. The van der Waals surface area contributed by atoms with Crippen LogP contribution in [0.15, 0.2) is 18.2 Å². The number of amides is 1. The highest BCUT2D eigenvalue weighted by Crippen LogP contribution is 2.29. The molecule has 0 fully saturated rings. The Morgan fingerprint density at radius 1 is 1.40 bits per heavy atom. The average Bonchev–Trinajstić information content (AvgIpc) is 2.79. The number of halogens is 2. The summed E-state index contributed by atoms with van der Waals surface area (Å²) in [6, 6.07) is 4.82. The number of carbonyl (C=O) groups is 1. The highest BCUT2D eigenvalue weighted by molar-refractivity contribution is 6.35. The van der Waals surface area contributed by atoms with Crippen molar-refractivity contribution in [3.8, 4) is 0 Å². The minimum absolute atomic E-state index is 0.0655. The first kappa shape index (κ1) is 19.2. The summed E-state index contributed by atoms with van der Waals surface area (Å²) in [5.74, 6) is -0.237. The topological polar surface area (TPSA) is 81.3 Å². The lowest BCUT2D eigenvalue weighted by Gasteiger charge is -2.26. The van der Waals surface area contributed by atoms with Gasteiger partial charge in [0.1, 0.15) is 17.9 Å². The number of nitrogens with zero attached hydrogens (tertiary/aromatic N) is 4. The molecule has 0 saturated heterocycles. The molecule has 0 bridgehead atoms. The molecule has 0 aliphatic rings. The molecule has 0 aliphatic heterocycles. The standard InChI is InChI=1S/C16H18Cl2N4O3/c1-9-16(22(24)25)11(3)21(19-9)8-15(23)20(4)10(2)13-6-5-12(17)7-14(13)18/h5-7,10H,8H2,1-4H3. The van der Waals surface area contributed by atoms with Crippen LogP contribution in [0.25, 0.3) is 0 Å². The molecule has 1 unspecified atom stereocenters. The van der Waals surface area contributed by atoms with Gasteiger partial charge in [0.05, 0.1) is 11.0 Å². The van der Waals surface area contributed by atoms with Gasteiger partial charge in [-0.25, -0.2) is 0 Å². The van der Waals surface area contributed by atoms with E-state index in [-0.39, 0.29) is 29.9 Å². The van der Waals surface area contributed by atoms with Gasteiger partial charge >= 0.3 is 5.69 Å². The number of aryl methyl sites for hydroxylation is 1. The largest absolute Gasteiger partial charge is 0.337 e. The lowest BCUT2D eigenvalue weighted by atomic mass is 10.1. The Morgan fingerprint density at radius 3 is 2.56 bits per heavy atom. The Balaban J connectivity index is 2.20. The molecule has 1 amide bonds. The van der Waals surface area contributed by atoms with Crippen molar-refractivity contribution in [2.75, 3.05) is 7.05 Å². The maximum atomic E-state index is 12.6. The highest BCUT2D eigenvalue weighted by atomic mass is 35.5. The Bertz CT molecular complexity index is 835. The van der Waals surface area contributed by atoms with Gasteiger partial charge < -0.3 is 4.90 Å². The molecule has 25 heavy (non-hydrogen) atoms. The van der Waals surface area contributed by atoms with E-state index in [1.54, 1.807) is 39.1 Å². The monoisotopic (exact) mass is 384 g/mol. The van der Waals surface area contributed by atoms with Crippen LogP contribution in [0.1, 0.15) is 29.9 Å². The maximum absolute atomic E-state index is 12.6. The normalized spacial score (nSPS) is 12.1. The third kappa shape index (κ3) is 3.93. The molecule has 2 rings (SSSR count). The smallest absolute Gasteiger partial charge is 0.312 e. The summed E-state index contributed by atoms with van der Waals surface area (Å²) in [5, 5.41) is 16.2. The molecule has 1 aromatic heterocycles. The van der Waals surface area contributed by atoms with Gasteiger partial charge in [0.15, 0.2) is 0 Å². The van der Waals surface area contributed by atoms with Crippen LogP contribution in [0.5, 0.6) is 0 Å². The van der Waals surface area contributed by atoms with Crippen molar-refractivity contribution >= 4 is 34.8 Å². The Kier molecular flexibility index (Phi) is 5.69. The number of nitro groups is 1. The number of likely N-dealkylation sites (N-methyl/N-ethyl adjacent to an activating group) is 1. The van der Waals surface area contributed by atoms with Crippen molar-refractivity contribution in [2.45, 2.75) is 33.4 Å². The lowest BCUT2D eigenvalue weighted by molar-refractivity contribution is -0.386. The summed E-state index contributed by atoms with van der Waals surface area (Å²) in [4.78, 5) is 24.7. The summed E-state index contributed by atoms with van der Waals surface area (Å²) >= 11 is 12.1. The van der Waals surface area contributed by atoms with Gasteiger partial charge in [0.25, 0.3) is 0 Å². The second-order valence-corrected chi connectivity index (χ2v) is 6.62. The molecule has 1 heterocycles. The zero-order chi connectivity index (χ0) is 18.9. The fourth-order valence-electron chi connectivity index (χ4n) is 2.61. The summed E-state index contributed by atoms with van der Waals surface area (Å²) in [7, 11) is 1.65. The Hall–Kier alpha value is -2.12. The van der Waals surface area contributed by atoms with Gasteiger partial charge in [0, 0.05) is 17.1 Å². The van der Waals surface area contributed by atoms with Crippen LogP contribution in [-0.2, 0) is 11.3 Å². The second kappa shape index (κ2) is 7.41. The molecule has 0 spiro atoms. The van der Waals surface area contributed by atoms with Crippen LogP contribution in [0.4, 0.5) is 5.69 Å². The van der Waals surface area contributed by atoms with Gasteiger partial charge in [-0.05, 0) is 38.5 Å². The third-order valence-corrected chi connectivity index (χ3v) is 4.76. The predicted octanol–water partition coefficient (Wildman–Crippen LogP) is 3.93. The van der Waals surface area contributed by atoms with Crippen molar-refractivity contribution in [1.29, 1.82) is 0 Å². The van der Waals surface area contributed by atoms with Crippen molar-refractivity contribution in [3.05, 3.63) is 55.3 Å². The molecule has 0 aliphatic carbocycles. The molecule has 2 aromatic rings. The number of carbonyl (C=O) groups excluding carboxylic acids is 1. The van der Waals surface area contributed by atoms with E-state index in [1.807, 2.05) is 6.92 Å². The van der Waals surface area contributed by atoms with E-state index in [1.165, 1.54) is 9.58 Å². The van der Waals surface area contributed by atoms with E-state index in [2.05, 4.69) is 5.10 Å². The number of hydrogen-bond acceptors (Lipinski definition) is 4. The molecule has 0 saturated carbocycles. The van der Waals surface area contributed by atoms with E-state index in [0.717, 1.165) is 5.56 Å². The molecule has 0 radical (unpaired) electrons. The Labute approximate surface area is 155 Å². The van der Waals surface area contributed by atoms with Gasteiger partial charge in [-0.1, -0.05) is 29.3 Å². The van der Waals surface area contributed by atoms with Crippen molar-refractivity contribution in [2.24, 2.45) is 0 Å². The minimum Gasteiger partial charge on any atom is -0.337 e. The van der Waals surface area contributed by atoms with E-state index >= 15 is 0 Å². The summed E-state index contributed by atoms with van der Waals surface area (Å²) in [6.45, 7) is 4.88. The first-order valence-corrected chi connectivity index (χ1v) is 8.28.